The lowest BCUT2D eigenvalue weighted by Crippen LogP contribution is -2.15. The number of rotatable bonds is 0. The predicted octanol–water partition coefficient (Wildman–Crippen LogP) is 1.24. The molecule has 0 spiro atoms. The van der Waals surface area contributed by atoms with Crippen LogP contribution in [0, 0.1) is 0 Å². The summed E-state index contributed by atoms with van der Waals surface area (Å²) < 4.78 is 42.7. The third-order valence-corrected chi connectivity index (χ3v) is 1.45. The highest BCUT2D eigenvalue weighted by Gasteiger charge is 2.20. The first-order chi connectivity index (χ1) is 6.29. The maximum absolute atomic E-state index is 9.75. The molecular weight excluding hydrogens is 203 g/mol. The molecule has 1 rings (SSSR count). The molecule has 1 aliphatic rings. The molecule has 0 atom stereocenters. The van der Waals surface area contributed by atoms with Gasteiger partial charge < -0.3 is 22.4 Å². The van der Waals surface area contributed by atoms with Crippen molar-refractivity contribution in [3.05, 3.63) is 0 Å². The van der Waals surface area contributed by atoms with E-state index in [0.717, 1.165) is 18.6 Å². The number of nitrogens with two attached hydrogens (primary N) is 1. The summed E-state index contributed by atoms with van der Waals surface area (Å²) in [7, 11) is -6.00. The molecular formula is C6H11BF4N2O. The Morgan fingerprint density at radius 1 is 1.21 bits per heavy atom. The highest BCUT2D eigenvalue weighted by Crippen LogP contribution is 2.11. The number of amidine groups is 1. The van der Waals surface area contributed by atoms with Crippen molar-refractivity contribution in [2.24, 2.45) is 5.73 Å². The van der Waals surface area contributed by atoms with Crippen LogP contribution >= 0.6 is 0 Å². The summed E-state index contributed by atoms with van der Waals surface area (Å²) in [6.07, 6.45) is 4.38. The summed E-state index contributed by atoms with van der Waals surface area (Å²) in [6, 6.07) is -0.299. The van der Waals surface area contributed by atoms with Crippen LogP contribution in [0.1, 0.15) is 25.7 Å². The lowest BCUT2D eigenvalue weighted by molar-refractivity contribution is 0.368. The Hall–Kier alpha value is -1.17. The van der Waals surface area contributed by atoms with Gasteiger partial charge in [-0.2, -0.15) is 4.67 Å². The molecule has 8 heteroatoms. The lowest BCUT2D eigenvalue weighted by atomic mass is 10.3. The van der Waals surface area contributed by atoms with Gasteiger partial charge in [0.25, 0.3) is 0 Å². The minimum absolute atomic E-state index is 0.299. The normalized spacial score (nSPS) is 15.6. The summed E-state index contributed by atoms with van der Waals surface area (Å²) in [5.74, 6) is 0. The third-order valence-electron chi connectivity index (χ3n) is 1.45. The predicted molar refractivity (Wildman–Crippen MR) is 47.6 cm³/mol. The van der Waals surface area contributed by atoms with Crippen LogP contribution in [0.4, 0.5) is 17.3 Å². The molecule has 0 bridgehead atoms. The van der Waals surface area contributed by atoms with E-state index in [9.17, 15) is 17.3 Å². The molecule has 1 aliphatic carbocycles. The zero-order valence-corrected chi connectivity index (χ0v) is 7.39. The van der Waals surface area contributed by atoms with Crippen LogP contribution in [-0.2, 0) is 0 Å². The molecule has 0 unspecified atom stereocenters. The monoisotopic (exact) mass is 214 g/mol. The molecule has 0 aromatic heterocycles. The minimum Gasteiger partial charge on any atom is -0.434 e. The Morgan fingerprint density at radius 3 is 1.86 bits per heavy atom. The van der Waals surface area contributed by atoms with Crippen LogP contribution in [0.15, 0.2) is 0 Å². The van der Waals surface area contributed by atoms with E-state index in [-0.39, 0.29) is 6.02 Å². The molecule has 0 aromatic rings. The molecule has 1 fully saturated rings. The maximum Gasteiger partial charge on any atom is 0.673 e. The van der Waals surface area contributed by atoms with Gasteiger partial charge in [0.1, 0.15) is 0 Å². The average Bonchev–Trinajstić information content (AvgIpc) is 2.33. The van der Waals surface area contributed by atoms with Gasteiger partial charge in [-0.1, -0.05) is 0 Å². The number of hydrogen-bond donors (Lipinski definition) is 2. The van der Waals surface area contributed by atoms with Gasteiger partial charge in [-0.05, 0) is 12.8 Å². The van der Waals surface area contributed by atoms with Crippen LogP contribution in [0.5, 0.6) is 0 Å². The Morgan fingerprint density at radius 2 is 1.57 bits per heavy atom. The van der Waals surface area contributed by atoms with Crippen molar-refractivity contribution in [1.29, 1.82) is 0 Å². The smallest absolute Gasteiger partial charge is 0.434 e. The second-order valence-electron chi connectivity index (χ2n) is 2.74. The molecule has 82 valence electrons. The second-order valence-corrected chi connectivity index (χ2v) is 2.74. The molecule has 0 saturated heterocycles. The standard InChI is InChI=1S/C6H10N2O.BF4/c7-6(9)8-5-3-1-2-4-5;2-1(3,4)5/h1-4H2,(H2,7,9);/q;-1/p+1. The first-order valence-corrected chi connectivity index (χ1v) is 4.04. The molecule has 0 amide bonds. The number of halogens is 4. The summed E-state index contributed by atoms with van der Waals surface area (Å²) >= 11 is 0. The number of hydrogen-bond acceptors (Lipinski definition) is 0. The van der Waals surface area contributed by atoms with Crippen LogP contribution in [-0.4, -0.2) is 24.1 Å². The van der Waals surface area contributed by atoms with Gasteiger partial charge >= 0.3 is 13.3 Å². The lowest BCUT2D eigenvalue weighted by Gasteiger charge is -1.94. The fourth-order valence-corrected chi connectivity index (χ4v) is 1.06. The fraction of sp³-hybridized carbons (Fsp3) is 0.667. The second kappa shape index (κ2) is 5.54. The molecule has 0 aromatic carbocycles. The van der Waals surface area contributed by atoms with Gasteiger partial charge in [-0.3, -0.25) is 0 Å². The van der Waals surface area contributed by atoms with Crippen molar-refractivity contribution in [3.8, 4) is 0 Å². The molecule has 14 heavy (non-hydrogen) atoms. The first kappa shape index (κ1) is 12.8. The summed E-state index contributed by atoms with van der Waals surface area (Å²) in [6.45, 7) is 0. The Kier molecular flexibility index (Phi) is 5.08. The number of aliphatic hydroxyl groups is 1. The SMILES string of the molecule is F[B-](F)(F)F.NC(O)=[N+]=C1CCCC1. The van der Waals surface area contributed by atoms with E-state index < -0.39 is 7.25 Å². The summed E-state index contributed by atoms with van der Waals surface area (Å²) in [5, 5.41) is 8.52. The molecule has 3 N–H and O–H groups in total. The largest absolute Gasteiger partial charge is 0.673 e. The van der Waals surface area contributed by atoms with Crippen LogP contribution in [0.25, 0.3) is 0 Å². The zero-order valence-electron chi connectivity index (χ0n) is 7.39. The average molecular weight is 214 g/mol. The number of aliphatic hydroxyl groups excluding tert-OH is 1. The van der Waals surface area contributed by atoms with E-state index in [1.165, 1.54) is 12.8 Å². The van der Waals surface area contributed by atoms with Crippen molar-refractivity contribution in [3.63, 3.8) is 0 Å². The summed E-state index contributed by atoms with van der Waals surface area (Å²) in [5.41, 5.74) is 5.99. The van der Waals surface area contributed by atoms with E-state index in [1.807, 2.05) is 0 Å². The van der Waals surface area contributed by atoms with Crippen molar-refractivity contribution in [1.82, 2.24) is 4.67 Å². The van der Waals surface area contributed by atoms with E-state index in [1.54, 1.807) is 0 Å². The fourth-order valence-electron chi connectivity index (χ4n) is 1.06. The van der Waals surface area contributed by atoms with Crippen molar-refractivity contribution in [2.45, 2.75) is 25.7 Å². The Bertz CT molecular complexity index is 229. The van der Waals surface area contributed by atoms with Gasteiger partial charge in [0.15, 0.2) is 5.71 Å². The highest BCUT2D eigenvalue weighted by molar-refractivity contribution is 6.50. The highest BCUT2D eigenvalue weighted by atomic mass is 19.5. The molecule has 3 nitrogen and oxygen atoms in total. The van der Waals surface area contributed by atoms with Gasteiger partial charge in [-0.25, -0.2) is 5.73 Å². The van der Waals surface area contributed by atoms with Gasteiger partial charge in [-0.15, -0.1) is 0 Å². The Balaban J connectivity index is 0.000000292. The Labute approximate surface area is 78.5 Å². The van der Waals surface area contributed by atoms with E-state index in [2.05, 4.69) is 4.67 Å². The number of nitrogens with zero attached hydrogens (tertiary/aromatic N) is 1. The third kappa shape index (κ3) is 10.8. The van der Waals surface area contributed by atoms with E-state index in [4.69, 9.17) is 10.8 Å². The van der Waals surface area contributed by atoms with E-state index in [0.29, 0.717) is 0 Å². The topological polar surface area (TPSA) is 60.4 Å². The summed E-state index contributed by atoms with van der Waals surface area (Å²) in [4.78, 5) is 0. The molecule has 0 aliphatic heterocycles. The molecule has 1 saturated carbocycles. The minimum atomic E-state index is -6.00. The van der Waals surface area contributed by atoms with Crippen molar-refractivity contribution < 1.29 is 22.4 Å². The van der Waals surface area contributed by atoms with Crippen molar-refractivity contribution in [2.75, 3.05) is 0 Å². The van der Waals surface area contributed by atoms with Gasteiger partial charge in [0.05, 0.1) is 0 Å². The van der Waals surface area contributed by atoms with E-state index >= 15 is 0 Å². The van der Waals surface area contributed by atoms with Crippen LogP contribution in [0.3, 0.4) is 0 Å². The van der Waals surface area contributed by atoms with Crippen molar-refractivity contribution >= 4 is 19.0 Å². The molecule has 0 radical (unpaired) electrons. The maximum atomic E-state index is 9.75. The quantitative estimate of drug-likeness (QED) is 0.209. The van der Waals surface area contributed by atoms with Crippen LogP contribution < -0.4 is 10.4 Å². The molecule has 0 heterocycles. The van der Waals surface area contributed by atoms with Gasteiger partial charge in [0.2, 0.25) is 0 Å². The van der Waals surface area contributed by atoms with Gasteiger partial charge in [0, 0.05) is 12.8 Å². The van der Waals surface area contributed by atoms with Crippen LogP contribution in [0.2, 0.25) is 0 Å². The zero-order chi connectivity index (χ0) is 11.2. The first-order valence-electron chi connectivity index (χ1n) is 4.04.